The number of benzene rings is 1. The summed E-state index contributed by atoms with van der Waals surface area (Å²) in [5, 5.41) is 12.2. The van der Waals surface area contributed by atoms with Crippen molar-refractivity contribution in [1.29, 1.82) is 0 Å². The molecule has 0 spiro atoms. The zero-order valence-corrected chi connectivity index (χ0v) is 25.2. The third kappa shape index (κ3) is 4.55. The summed E-state index contributed by atoms with van der Waals surface area (Å²) in [5.74, 6) is -0.105. The zero-order chi connectivity index (χ0) is 29.9. The highest BCUT2D eigenvalue weighted by Gasteiger charge is 2.48. The number of pyridine rings is 1. The monoisotopic (exact) mass is 584 g/mol. The van der Waals surface area contributed by atoms with Gasteiger partial charge in [0.15, 0.2) is 5.60 Å². The van der Waals surface area contributed by atoms with Crippen molar-refractivity contribution in [2.45, 2.75) is 77.0 Å². The first-order chi connectivity index (χ1) is 20.8. The van der Waals surface area contributed by atoms with Gasteiger partial charge in [-0.1, -0.05) is 26.8 Å². The lowest BCUT2D eigenvalue weighted by Gasteiger charge is -2.39. The van der Waals surface area contributed by atoms with Gasteiger partial charge in [0.05, 0.1) is 23.5 Å². The Morgan fingerprint density at radius 2 is 1.93 bits per heavy atom. The van der Waals surface area contributed by atoms with Crippen LogP contribution in [0.15, 0.2) is 47.7 Å². The van der Waals surface area contributed by atoms with Crippen LogP contribution in [0.4, 0.5) is 4.79 Å². The number of aliphatic hydroxyl groups is 1. The number of hydrogen-bond acceptors (Lipinski definition) is 8. The molecule has 7 rings (SSSR count). The summed E-state index contributed by atoms with van der Waals surface area (Å²) in [5.41, 5.74) is 5.00. The van der Waals surface area contributed by atoms with Crippen molar-refractivity contribution < 1.29 is 24.2 Å². The quantitative estimate of drug-likeness (QED) is 0.506. The number of carbonyl (C=O) groups excluding carboxylic acids is 2. The van der Waals surface area contributed by atoms with Gasteiger partial charge in [-0.25, -0.2) is 14.6 Å². The highest BCUT2D eigenvalue weighted by atomic mass is 16.6. The van der Waals surface area contributed by atoms with E-state index in [0.717, 1.165) is 77.0 Å². The summed E-state index contributed by atoms with van der Waals surface area (Å²) in [6, 6.07) is 6.23. The molecule has 5 aliphatic heterocycles. The van der Waals surface area contributed by atoms with E-state index in [-0.39, 0.29) is 19.1 Å². The van der Waals surface area contributed by atoms with Crippen molar-refractivity contribution in [3.8, 4) is 5.75 Å². The number of ether oxygens (including phenoxy) is 2. The van der Waals surface area contributed by atoms with Crippen molar-refractivity contribution >= 4 is 28.7 Å². The maximum absolute atomic E-state index is 13.2. The van der Waals surface area contributed by atoms with Crippen LogP contribution in [-0.2, 0) is 22.5 Å². The number of hydrogen-bond donors (Lipinski definition) is 1. The van der Waals surface area contributed by atoms with E-state index in [1.807, 2.05) is 29.2 Å². The van der Waals surface area contributed by atoms with Gasteiger partial charge in [0.1, 0.15) is 12.4 Å². The number of carbonyl (C=O) groups is 2. The largest absolute Gasteiger partial charge is 0.458 e. The van der Waals surface area contributed by atoms with E-state index in [1.165, 1.54) is 32.4 Å². The summed E-state index contributed by atoms with van der Waals surface area (Å²) in [7, 11) is 0. The number of piperidine rings is 2. The van der Waals surface area contributed by atoms with Crippen molar-refractivity contribution in [1.82, 2.24) is 19.7 Å². The van der Waals surface area contributed by atoms with E-state index >= 15 is 0 Å². The first-order valence-electron chi connectivity index (χ1n) is 15.8. The molecule has 226 valence electrons. The average molecular weight is 585 g/mol. The molecular weight excluding hydrogens is 544 g/mol. The van der Waals surface area contributed by atoms with Crippen LogP contribution in [0.3, 0.4) is 0 Å². The van der Waals surface area contributed by atoms with Gasteiger partial charge in [-0.05, 0) is 81.5 Å². The minimum Gasteiger partial charge on any atom is -0.458 e. The number of cyclic esters (lactones) is 1. The lowest BCUT2D eigenvalue weighted by atomic mass is 9.82. The molecule has 2 saturated heterocycles. The molecule has 1 aromatic carbocycles. The van der Waals surface area contributed by atoms with E-state index in [2.05, 4.69) is 23.3 Å². The minimum absolute atomic E-state index is 0.0899. The second kappa shape index (κ2) is 10.8. The Balaban J connectivity index is 1.14. The topological polar surface area (TPSA) is 95.4 Å². The molecule has 43 heavy (non-hydrogen) atoms. The first-order valence-corrected chi connectivity index (χ1v) is 15.8. The lowest BCUT2D eigenvalue weighted by Crippen LogP contribution is -2.48. The molecule has 1 amide bonds. The number of likely N-dealkylation sites (tertiary alicyclic amines) is 2. The standard InChI is InChI=1S/C34H40N4O5/c1-4-24-25-17-23(43-33(40)37-15-11-22(12-16-37)36-13-7-6-8-14-36)9-10-29(25)35-31-26(24)19-38-21(3)27-20-42-32(39)34(41,5-2)28(27)18-30(31)38/h9-10,17-18,22,41H,3-8,11-16,19-20H2,1-2H3/t34-/m0/s1. The Bertz CT molecular complexity index is 1580. The zero-order valence-electron chi connectivity index (χ0n) is 25.2. The van der Waals surface area contributed by atoms with Gasteiger partial charge < -0.3 is 29.3 Å². The fraction of sp³-hybridized carbons (Fsp3) is 0.500. The third-order valence-corrected chi connectivity index (χ3v) is 10.1. The molecule has 6 heterocycles. The minimum atomic E-state index is -1.70. The Morgan fingerprint density at radius 1 is 1.16 bits per heavy atom. The molecule has 1 N–H and O–H groups in total. The van der Waals surface area contributed by atoms with Crippen molar-refractivity contribution in [2.75, 3.05) is 32.8 Å². The highest BCUT2D eigenvalue weighted by molar-refractivity contribution is 5.93. The van der Waals surface area contributed by atoms with E-state index < -0.39 is 11.6 Å². The second-order valence-corrected chi connectivity index (χ2v) is 12.4. The average Bonchev–Trinajstić information content (AvgIpc) is 3.41. The smallest absolute Gasteiger partial charge is 0.415 e. The van der Waals surface area contributed by atoms with E-state index in [9.17, 15) is 14.7 Å². The van der Waals surface area contributed by atoms with Gasteiger partial charge in [-0.15, -0.1) is 0 Å². The molecule has 2 aromatic rings. The molecular formula is C34H40N4O5. The van der Waals surface area contributed by atoms with Gasteiger partial charge in [-0.2, -0.15) is 0 Å². The molecule has 2 fully saturated rings. The Morgan fingerprint density at radius 3 is 2.65 bits per heavy atom. The van der Waals surface area contributed by atoms with Crippen LogP contribution < -0.4 is 4.74 Å². The predicted octanol–water partition coefficient (Wildman–Crippen LogP) is 4.92. The molecule has 0 radical (unpaired) electrons. The summed E-state index contributed by atoms with van der Waals surface area (Å²) >= 11 is 0. The van der Waals surface area contributed by atoms with Crippen LogP contribution in [0, 0.1) is 0 Å². The Hall–Kier alpha value is -3.69. The van der Waals surface area contributed by atoms with E-state index in [0.29, 0.717) is 23.9 Å². The summed E-state index contributed by atoms with van der Waals surface area (Å²) in [4.78, 5) is 37.3. The fourth-order valence-electron chi connectivity index (χ4n) is 7.59. The van der Waals surface area contributed by atoms with Crippen LogP contribution in [0.5, 0.6) is 5.75 Å². The van der Waals surface area contributed by atoms with E-state index in [4.69, 9.17) is 14.5 Å². The van der Waals surface area contributed by atoms with Crippen molar-refractivity contribution in [3.63, 3.8) is 0 Å². The number of fused-ring (bicyclic) bond motifs is 4. The van der Waals surface area contributed by atoms with Crippen LogP contribution in [0.1, 0.15) is 69.2 Å². The summed E-state index contributed by atoms with van der Waals surface area (Å²) in [6.07, 6.45) is 8.46. The van der Waals surface area contributed by atoms with E-state index in [1.54, 1.807) is 6.92 Å². The molecule has 5 aliphatic rings. The third-order valence-electron chi connectivity index (χ3n) is 10.1. The molecule has 0 unspecified atom stereocenters. The Labute approximate surface area is 252 Å². The van der Waals surface area contributed by atoms with Gasteiger partial charge in [-0.3, -0.25) is 0 Å². The molecule has 9 heteroatoms. The number of esters is 1. The van der Waals surface area contributed by atoms with Crippen LogP contribution in [-0.4, -0.2) is 81.3 Å². The van der Waals surface area contributed by atoms with Crippen LogP contribution in [0.2, 0.25) is 0 Å². The van der Waals surface area contributed by atoms with Gasteiger partial charge in [0.2, 0.25) is 0 Å². The normalized spacial score (nSPS) is 24.5. The predicted molar refractivity (Wildman–Crippen MR) is 163 cm³/mol. The molecule has 1 atom stereocenters. The number of amides is 1. The van der Waals surface area contributed by atoms with Gasteiger partial charge in [0, 0.05) is 46.9 Å². The summed E-state index contributed by atoms with van der Waals surface area (Å²) < 4.78 is 11.3. The second-order valence-electron chi connectivity index (χ2n) is 12.4. The molecule has 0 saturated carbocycles. The van der Waals surface area contributed by atoms with Gasteiger partial charge in [0.25, 0.3) is 0 Å². The van der Waals surface area contributed by atoms with Crippen LogP contribution in [0.25, 0.3) is 16.6 Å². The lowest BCUT2D eigenvalue weighted by molar-refractivity contribution is -0.162. The maximum Gasteiger partial charge on any atom is 0.415 e. The number of aromatic nitrogens is 1. The maximum atomic E-state index is 13.2. The SMILES string of the molecule is C=C1C2=C(C=C3c4nc5ccc(OC(=O)N6CCC(N7CCCCC7)CC6)cc5c(CC)c4CN13)[C@@](O)(CC)C(=O)OC2. The van der Waals surface area contributed by atoms with Gasteiger partial charge >= 0.3 is 12.1 Å². The first kappa shape index (κ1) is 28.1. The van der Waals surface area contributed by atoms with Crippen molar-refractivity contribution in [3.05, 3.63) is 64.5 Å². The number of rotatable bonds is 4. The van der Waals surface area contributed by atoms with Crippen molar-refractivity contribution in [2.24, 2.45) is 0 Å². The molecule has 0 aliphatic carbocycles. The highest BCUT2D eigenvalue weighted by Crippen LogP contribution is 2.47. The number of aryl methyl sites for hydroxylation is 1. The molecule has 0 bridgehead atoms. The van der Waals surface area contributed by atoms with Crippen LogP contribution >= 0.6 is 0 Å². The Kier molecular flexibility index (Phi) is 7.05. The number of nitrogens with zero attached hydrogens (tertiary/aromatic N) is 4. The molecule has 9 nitrogen and oxygen atoms in total. The fourth-order valence-corrected chi connectivity index (χ4v) is 7.59. The molecule has 1 aromatic heterocycles. The summed E-state index contributed by atoms with van der Waals surface area (Å²) in [6.45, 7) is 12.7.